The van der Waals surface area contributed by atoms with Crippen LogP contribution in [-0.2, 0) is 0 Å². The predicted octanol–water partition coefficient (Wildman–Crippen LogP) is 3.89. The van der Waals surface area contributed by atoms with Crippen LogP contribution in [-0.4, -0.2) is 22.4 Å². The van der Waals surface area contributed by atoms with Crippen LogP contribution in [0.4, 0.5) is 17.1 Å². The zero-order valence-corrected chi connectivity index (χ0v) is 11.7. The van der Waals surface area contributed by atoms with Gasteiger partial charge in [-0.25, -0.2) is 4.99 Å². The number of rotatable bonds is 8. The number of non-ortho nitro benzene ring substituents is 1. The van der Waals surface area contributed by atoms with Crippen molar-refractivity contribution in [1.29, 1.82) is 0 Å². The van der Waals surface area contributed by atoms with Gasteiger partial charge in [0, 0.05) is 12.6 Å². The molecular weight excluding hydrogens is 276 g/mol. The molecule has 0 aliphatic rings. The number of benzene rings is 1. The first-order chi connectivity index (χ1) is 10.1. The van der Waals surface area contributed by atoms with Gasteiger partial charge < -0.3 is 0 Å². The van der Waals surface area contributed by atoms with Crippen molar-refractivity contribution < 1.29 is 9.85 Å². The van der Waals surface area contributed by atoms with E-state index in [1.54, 1.807) is 0 Å². The van der Waals surface area contributed by atoms with Crippen LogP contribution < -0.4 is 0 Å². The number of hydrogen-bond acceptors (Lipinski definition) is 6. The summed E-state index contributed by atoms with van der Waals surface area (Å²) >= 11 is 0. The van der Waals surface area contributed by atoms with E-state index >= 15 is 0 Å². The first kappa shape index (κ1) is 16.5. The average Bonchev–Trinajstić information content (AvgIpc) is 2.46. The van der Waals surface area contributed by atoms with Crippen LogP contribution in [0.3, 0.4) is 0 Å². The summed E-state index contributed by atoms with van der Waals surface area (Å²) < 4.78 is 0. The quantitative estimate of drug-likeness (QED) is 0.313. The van der Waals surface area contributed by atoms with Gasteiger partial charge in [-0.2, -0.15) is 4.99 Å². The molecule has 112 valence electrons. The monoisotopic (exact) mass is 292 g/mol. The third kappa shape index (κ3) is 5.50. The standard InChI is InChI=1S/C13H16N4O4/c1-2-3-4-5-8-14-10-15-12-7-6-11(16(18)19)9-13(12)17(20)21/h6-7,9H,2-5,8H2,1H3. The second kappa shape index (κ2) is 8.55. The highest BCUT2D eigenvalue weighted by molar-refractivity contribution is 5.66. The van der Waals surface area contributed by atoms with Gasteiger partial charge in [0.25, 0.3) is 5.69 Å². The van der Waals surface area contributed by atoms with Crippen molar-refractivity contribution in [1.82, 2.24) is 0 Å². The summed E-state index contributed by atoms with van der Waals surface area (Å²) in [6.45, 7) is 2.67. The van der Waals surface area contributed by atoms with Gasteiger partial charge in [-0.15, -0.1) is 0 Å². The Hall–Kier alpha value is -2.60. The van der Waals surface area contributed by atoms with E-state index in [2.05, 4.69) is 22.9 Å². The Labute approximate surface area is 121 Å². The Morgan fingerprint density at radius 2 is 1.90 bits per heavy atom. The van der Waals surface area contributed by atoms with Gasteiger partial charge in [-0.05, 0) is 12.5 Å². The van der Waals surface area contributed by atoms with E-state index < -0.39 is 15.5 Å². The SMILES string of the molecule is CCCCCCN=C=Nc1ccc([N+](=O)[O-])cc1[N+](=O)[O-]. The Morgan fingerprint density at radius 3 is 2.52 bits per heavy atom. The van der Waals surface area contributed by atoms with Gasteiger partial charge in [0.2, 0.25) is 0 Å². The number of nitrogens with zero attached hydrogens (tertiary/aromatic N) is 4. The van der Waals surface area contributed by atoms with Gasteiger partial charge in [-0.3, -0.25) is 20.2 Å². The van der Waals surface area contributed by atoms with Crippen LogP contribution in [0.1, 0.15) is 32.6 Å². The maximum atomic E-state index is 10.9. The molecule has 1 aromatic carbocycles. The lowest BCUT2D eigenvalue weighted by molar-refractivity contribution is -0.393. The van der Waals surface area contributed by atoms with E-state index in [0.717, 1.165) is 37.8 Å². The summed E-state index contributed by atoms with van der Waals surface area (Å²) in [7, 11) is 0. The predicted molar refractivity (Wildman–Crippen MR) is 78.3 cm³/mol. The highest BCUT2D eigenvalue weighted by Crippen LogP contribution is 2.30. The topological polar surface area (TPSA) is 111 Å². The van der Waals surface area contributed by atoms with Crippen LogP contribution in [0.25, 0.3) is 0 Å². The molecule has 0 aromatic heterocycles. The molecule has 0 radical (unpaired) electrons. The molecule has 0 saturated heterocycles. The third-order valence-electron chi connectivity index (χ3n) is 2.73. The molecule has 0 aliphatic heterocycles. The Bertz CT molecular complexity index is 580. The van der Waals surface area contributed by atoms with Crippen LogP contribution in [0.2, 0.25) is 0 Å². The Balaban J connectivity index is 2.80. The zero-order chi connectivity index (χ0) is 15.7. The summed E-state index contributed by atoms with van der Waals surface area (Å²) in [5, 5.41) is 21.5. The van der Waals surface area contributed by atoms with E-state index in [9.17, 15) is 20.2 Å². The van der Waals surface area contributed by atoms with E-state index in [1.807, 2.05) is 0 Å². The summed E-state index contributed by atoms with van der Waals surface area (Å²) in [4.78, 5) is 27.7. The highest BCUT2D eigenvalue weighted by atomic mass is 16.6. The molecule has 0 N–H and O–H groups in total. The van der Waals surface area contributed by atoms with E-state index in [1.165, 1.54) is 6.07 Å². The molecule has 8 heteroatoms. The van der Waals surface area contributed by atoms with Gasteiger partial charge >= 0.3 is 5.69 Å². The molecule has 0 aliphatic carbocycles. The second-order valence-corrected chi connectivity index (χ2v) is 4.34. The number of nitro groups is 2. The molecule has 8 nitrogen and oxygen atoms in total. The Kier molecular flexibility index (Phi) is 6.70. The normalized spacial score (nSPS) is 9.76. The molecule has 0 bridgehead atoms. The summed E-state index contributed by atoms with van der Waals surface area (Å²) in [5.41, 5.74) is -0.780. The lowest BCUT2D eigenvalue weighted by Gasteiger charge is -1.95. The van der Waals surface area contributed by atoms with Gasteiger partial charge in [0.05, 0.1) is 21.9 Å². The average molecular weight is 292 g/mol. The minimum atomic E-state index is -0.714. The first-order valence-electron chi connectivity index (χ1n) is 6.61. The third-order valence-corrected chi connectivity index (χ3v) is 2.73. The molecule has 0 atom stereocenters. The lowest BCUT2D eigenvalue weighted by Crippen LogP contribution is -1.92. The molecule has 0 fully saturated rings. The summed E-state index contributed by atoms with van der Waals surface area (Å²) in [5.74, 6) is 0. The zero-order valence-electron chi connectivity index (χ0n) is 11.7. The van der Waals surface area contributed by atoms with E-state index in [0.29, 0.717) is 6.54 Å². The molecule has 0 amide bonds. The van der Waals surface area contributed by atoms with E-state index in [-0.39, 0.29) is 11.4 Å². The maximum Gasteiger partial charge on any atom is 0.302 e. The number of aliphatic imine (C=N–C) groups is 2. The summed E-state index contributed by atoms with van der Waals surface area (Å²) in [6.07, 6.45) is 4.26. The van der Waals surface area contributed by atoms with E-state index in [4.69, 9.17) is 0 Å². The fourth-order valence-electron chi connectivity index (χ4n) is 1.62. The fourth-order valence-corrected chi connectivity index (χ4v) is 1.62. The molecule has 21 heavy (non-hydrogen) atoms. The molecule has 0 heterocycles. The van der Waals surface area contributed by atoms with Crippen LogP contribution in [0.15, 0.2) is 28.2 Å². The van der Waals surface area contributed by atoms with Crippen molar-refractivity contribution in [2.45, 2.75) is 32.6 Å². The molecule has 0 unspecified atom stereocenters. The lowest BCUT2D eigenvalue weighted by atomic mass is 10.2. The number of nitro benzene ring substituents is 2. The van der Waals surface area contributed by atoms with Gasteiger partial charge in [-0.1, -0.05) is 26.2 Å². The minimum absolute atomic E-state index is 0.00269. The molecule has 1 rings (SSSR count). The van der Waals surface area contributed by atoms with Crippen molar-refractivity contribution >= 4 is 23.1 Å². The van der Waals surface area contributed by atoms with Crippen LogP contribution in [0.5, 0.6) is 0 Å². The largest absolute Gasteiger partial charge is 0.302 e. The van der Waals surface area contributed by atoms with Crippen LogP contribution >= 0.6 is 0 Å². The second-order valence-electron chi connectivity index (χ2n) is 4.34. The molecule has 0 saturated carbocycles. The van der Waals surface area contributed by atoms with Crippen molar-refractivity contribution in [2.75, 3.05) is 6.54 Å². The summed E-state index contributed by atoms with van der Waals surface area (Å²) in [6, 6.07) is 5.65. The van der Waals surface area contributed by atoms with Crippen molar-refractivity contribution in [3.63, 3.8) is 0 Å². The first-order valence-corrected chi connectivity index (χ1v) is 6.61. The maximum absolute atomic E-state index is 10.9. The van der Waals surface area contributed by atoms with Crippen molar-refractivity contribution in [2.24, 2.45) is 9.98 Å². The molecule has 0 spiro atoms. The minimum Gasteiger partial charge on any atom is -0.258 e. The van der Waals surface area contributed by atoms with Gasteiger partial charge in [0.1, 0.15) is 0 Å². The Morgan fingerprint density at radius 1 is 1.14 bits per heavy atom. The number of hydrogen-bond donors (Lipinski definition) is 0. The highest BCUT2D eigenvalue weighted by Gasteiger charge is 2.18. The van der Waals surface area contributed by atoms with Crippen LogP contribution in [0, 0.1) is 20.2 Å². The molecular formula is C13H16N4O4. The van der Waals surface area contributed by atoms with Crippen molar-refractivity contribution in [3.8, 4) is 0 Å². The molecule has 1 aromatic rings. The van der Waals surface area contributed by atoms with Crippen molar-refractivity contribution in [3.05, 3.63) is 38.4 Å². The fraction of sp³-hybridized carbons (Fsp3) is 0.462. The number of unbranched alkanes of at least 4 members (excludes halogenated alkanes) is 3. The van der Waals surface area contributed by atoms with Gasteiger partial charge in [0.15, 0.2) is 5.69 Å². The smallest absolute Gasteiger partial charge is 0.258 e.